The molecule has 0 unspecified atom stereocenters. The summed E-state index contributed by atoms with van der Waals surface area (Å²) in [7, 11) is 0. The fourth-order valence-corrected chi connectivity index (χ4v) is 2.41. The molecule has 3 aromatic rings. The monoisotopic (exact) mass is 255 g/mol. The van der Waals surface area contributed by atoms with Crippen molar-refractivity contribution in [2.24, 2.45) is 0 Å². The first kappa shape index (κ1) is 11.6. The van der Waals surface area contributed by atoms with Gasteiger partial charge in [0.1, 0.15) is 11.5 Å². The van der Waals surface area contributed by atoms with Crippen LogP contribution in [0, 0.1) is 6.92 Å². The second-order valence-electron chi connectivity index (χ2n) is 4.48. The third kappa shape index (κ3) is 1.81. The fourth-order valence-electron chi connectivity index (χ4n) is 2.41. The van der Waals surface area contributed by atoms with Crippen molar-refractivity contribution < 1.29 is 14.3 Å². The first-order valence-corrected chi connectivity index (χ1v) is 6.00. The molecule has 0 amide bonds. The van der Waals surface area contributed by atoms with E-state index in [1.165, 1.54) is 0 Å². The van der Waals surface area contributed by atoms with Crippen LogP contribution in [0.1, 0.15) is 21.8 Å². The van der Waals surface area contributed by atoms with Crippen molar-refractivity contribution in [2.75, 3.05) is 0 Å². The van der Waals surface area contributed by atoms with E-state index in [1.54, 1.807) is 18.4 Å². The van der Waals surface area contributed by atoms with Crippen LogP contribution >= 0.6 is 0 Å². The lowest BCUT2D eigenvalue weighted by Gasteiger charge is -2.06. The van der Waals surface area contributed by atoms with Gasteiger partial charge in [-0.15, -0.1) is 0 Å². The number of furan rings is 1. The highest BCUT2D eigenvalue weighted by atomic mass is 16.3. The summed E-state index contributed by atoms with van der Waals surface area (Å²) >= 11 is 0. The van der Waals surface area contributed by atoms with Crippen LogP contribution in [-0.2, 0) is 6.54 Å². The van der Waals surface area contributed by atoms with Crippen LogP contribution in [0.2, 0.25) is 0 Å². The maximum absolute atomic E-state index is 11.2. The van der Waals surface area contributed by atoms with Crippen molar-refractivity contribution in [3.05, 3.63) is 53.6 Å². The molecule has 0 radical (unpaired) electrons. The summed E-state index contributed by atoms with van der Waals surface area (Å²) in [5.74, 6) is 0.983. The van der Waals surface area contributed by atoms with Crippen molar-refractivity contribution in [1.29, 1.82) is 0 Å². The van der Waals surface area contributed by atoms with Gasteiger partial charge in [0, 0.05) is 22.2 Å². The van der Waals surface area contributed by atoms with E-state index in [1.807, 2.05) is 29.7 Å². The van der Waals surface area contributed by atoms with E-state index in [0.29, 0.717) is 12.1 Å². The van der Waals surface area contributed by atoms with Gasteiger partial charge in [-0.25, -0.2) is 0 Å². The van der Waals surface area contributed by atoms with E-state index in [0.717, 1.165) is 28.6 Å². The minimum atomic E-state index is 0.158. The molecule has 0 fully saturated rings. The third-order valence-electron chi connectivity index (χ3n) is 3.37. The summed E-state index contributed by atoms with van der Waals surface area (Å²) in [6, 6.07) is 8.78. The summed E-state index contributed by atoms with van der Waals surface area (Å²) in [6.07, 6.45) is 2.46. The molecule has 4 heteroatoms. The van der Waals surface area contributed by atoms with Gasteiger partial charge in [0.2, 0.25) is 0 Å². The Hall–Kier alpha value is -2.49. The maximum Gasteiger partial charge on any atom is 0.152 e. The molecule has 0 saturated carbocycles. The second kappa shape index (κ2) is 4.31. The zero-order chi connectivity index (χ0) is 13.4. The van der Waals surface area contributed by atoms with Crippen LogP contribution < -0.4 is 0 Å². The van der Waals surface area contributed by atoms with E-state index in [-0.39, 0.29) is 5.75 Å². The number of hydrogen-bond donors (Lipinski definition) is 1. The van der Waals surface area contributed by atoms with E-state index in [9.17, 15) is 9.90 Å². The molecule has 4 nitrogen and oxygen atoms in total. The molecule has 0 saturated heterocycles. The number of phenolic OH excluding ortho intramolecular Hbond substituents is 1. The summed E-state index contributed by atoms with van der Waals surface area (Å²) in [5, 5.41) is 10.3. The average molecular weight is 255 g/mol. The molecular weight excluding hydrogens is 242 g/mol. The van der Waals surface area contributed by atoms with Gasteiger partial charge in [0.05, 0.1) is 12.8 Å². The van der Waals surface area contributed by atoms with Gasteiger partial charge in [-0.2, -0.15) is 0 Å². The number of aromatic hydroxyl groups is 1. The second-order valence-corrected chi connectivity index (χ2v) is 4.48. The number of hydrogen-bond acceptors (Lipinski definition) is 3. The Morgan fingerprint density at radius 1 is 1.37 bits per heavy atom. The van der Waals surface area contributed by atoms with Crippen LogP contribution in [0.3, 0.4) is 0 Å². The number of phenols is 1. The highest BCUT2D eigenvalue weighted by Crippen LogP contribution is 2.28. The molecule has 0 bridgehead atoms. The molecule has 3 rings (SSSR count). The predicted octanol–water partition coefficient (Wildman–Crippen LogP) is 3.11. The Morgan fingerprint density at radius 2 is 2.21 bits per heavy atom. The van der Waals surface area contributed by atoms with E-state index in [4.69, 9.17) is 4.42 Å². The van der Waals surface area contributed by atoms with Crippen LogP contribution in [0.15, 0.2) is 41.0 Å². The number of rotatable bonds is 3. The smallest absolute Gasteiger partial charge is 0.152 e. The Labute approximate surface area is 109 Å². The van der Waals surface area contributed by atoms with Crippen LogP contribution in [-0.4, -0.2) is 16.0 Å². The minimum absolute atomic E-state index is 0.158. The topological polar surface area (TPSA) is 55.4 Å². The molecule has 2 aromatic heterocycles. The Morgan fingerprint density at radius 3 is 2.89 bits per heavy atom. The fraction of sp³-hybridized carbons (Fsp3) is 0.133. The number of fused-ring (bicyclic) bond motifs is 1. The SMILES string of the molecule is Cc1c(C=O)c2cc(O)ccc2n1Cc1ccco1. The highest BCUT2D eigenvalue weighted by molar-refractivity contribution is 6.00. The number of aromatic nitrogens is 1. The van der Waals surface area contributed by atoms with Gasteiger partial charge in [0.15, 0.2) is 6.29 Å². The maximum atomic E-state index is 11.2. The molecule has 1 N–H and O–H groups in total. The lowest BCUT2D eigenvalue weighted by molar-refractivity contribution is 0.112. The molecule has 0 aliphatic heterocycles. The molecule has 0 spiro atoms. The first-order chi connectivity index (χ1) is 9.20. The lowest BCUT2D eigenvalue weighted by atomic mass is 10.1. The molecule has 0 aliphatic rings. The summed E-state index contributed by atoms with van der Waals surface area (Å²) in [4.78, 5) is 11.2. The standard InChI is InChI=1S/C15H13NO3/c1-10-14(9-17)13-7-11(18)4-5-15(13)16(10)8-12-3-2-6-19-12/h2-7,9,18H,8H2,1H3. The van der Waals surface area contributed by atoms with E-state index >= 15 is 0 Å². The Bertz CT molecular complexity index is 738. The lowest BCUT2D eigenvalue weighted by Crippen LogP contribution is -2.01. The largest absolute Gasteiger partial charge is 0.508 e. The third-order valence-corrected chi connectivity index (χ3v) is 3.37. The van der Waals surface area contributed by atoms with Gasteiger partial charge in [0.25, 0.3) is 0 Å². The Kier molecular flexibility index (Phi) is 2.63. The van der Waals surface area contributed by atoms with Crippen molar-refractivity contribution in [3.63, 3.8) is 0 Å². The van der Waals surface area contributed by atoms with Gasteiger partial charge in [-0.1, -0.05) is 0 Å². The number of carbonyl (C=O) groups is 1. The molecule has 0 aliphatic carbocycles. The Balaban J connectivity index is 2.23. The molecule has 2 heterocycles. The number of carbonyl (C=O) groups excluding carboxylic acids is 1. The van der Waals surface area contributed by atoms with Crippen LogP contribution in [0.25, 0.3) is 10.9 Å². The van der Waals surface area contributed by atoms with Gasteiger partial charge < -0.3 is 14.1 Å². The van der Waals surface area contributed by atoms with Crippen molar-refractivity contribution in [1.82, 2.24) is 4.57 Å². The zero-order valence-electron chi connectivity index (χ0n) is 10.5. The molecule has 1 aromatic carbocycles. The van der Waals surface area contributed by atoms with Gasteiger partial charge in [-0.05, 0) is 37.3 Å². The number of aldehydes is 1. The molecule has 96 valence electrons. The molecule has 0 atom stereocenters. The normalized spacial score (nSPS) is 11.0. The summed E-state index contributed by atoms with van der Waals surface area (Å²) in [5.41, 5.74) is 2.39. The van der Waals surface area contributed by atoms with E-state index in [2.05, 4.69) is 0 Å². The summed E-state index contributed by atoms with van der Waals surface area (Å²) < 4.78 is 7.36. The quantitative estimate of drug-likeness (QED) is 0.731. The molecule has 19 heavy (non-hydrogen) atoms. The zero-order valence-corrected chi connectivity index (χ0v) is 10.5. The van der Waals surface area contributed by atoms with Gasteiger partial charge >= 0.3 is 0 Å². The highest BCUT2D eigenvalue weighted by Gasteiger charge is 2.14. The predicted molar refractivity (Wildman–Crippen MR) is 71.5 cm³/mol. The average Bonchev–Trinajstić information content (AvgIpc) is 2.98. The minimum Gasteiger partial charge on any atom is -0.508 e. The van der Waals surface area contributed by atoms with Gasteiger partial charge in [-0.3, -0.25) is 4.79 Å². The first-order valence-electron chi connectivity index (χ1n) is 6.00. The van der Waals surface area contributed by atoms with Crippen molar-refractivity contribution >= 4 is 17.2 Å². The van der Waals surface area contributed by atoms with Crippen LogP contribution in [0.5, 0.6) is 5.75 Å². The summed E-state index contributed by atoms with van der Waals surface area (Å²) in [6.45, 7) is 2.46. The van der Waals surface area contributed by atoms with Crippen molar-refractivity contribution in [3.8, 4) is 5.75 Å². The van der Waals surface area contributed by atoms with E-state index < -0.39 is 0 Å². The van der Waals surface area contributed by atoms with Crippen LogP contribution in [0.4, 0.5) is 0 Å². The van der Waals surface area contributed by atoms with Crippen molar-refractivity contribution in [2.45, 2.75) is 13.5 Å². The molecular formula is C15H13NO3. The number of nitrogens with zero attached hydrogens (tertiary/aromatic N) is 1. The number of benzene rings is 1.